The minimum atomic E-state index is -0.0980. The molecule has 0 saturated carbocycles. The van der Waals surface area contributed by atoms with E-state index in [9.17, 15) is 4.79 Å². The zero-order valence-electron chi connectivity index (χ0n) is 11.3. The Morgan fingerprint density at radius 3 is 1.94 bits per heavy atom. The molecular weight excluding hydrogens is 232 g/mol. The fourth-order valence-corrected chi connectivity index (χ4v) is 1.97. The maximum atomic E-state index is 11.3. The number of rotatable bonds is 0. The molecule has 1 fully saturated rings. The SMILES string of the molecule is O=C1CCCCCCCCCOCCOCCO1. The van der Waals surface area contributed by atoms with Crippen molar-refractivity contribution in [2.45, 2.75) is 51.4 Å². The lowest BCUT2D eigenvalue weighted by Crippen LogP contribution is -2.12. The molecule has 0 aromatic carbocycles. The largest absolute Gasteiger partial charge is 0.463 e. The van der Waals surface area contributed by atoms with Gasteiger partial charge in [0.2, 0.25) is 0 Å². The molecule has 0 aromatic heterocycles. The van der Waals surface area contributed by atoms with Crippen molar-refractivity contribution in [1.82, 2.24) is 0 Å². The molecule has 0 unspecified atom stereocenters. The summed E-state index contributed by atoms with van der Waals surface area (Å²) in [4.78, 5) is 11.3. The van der Waals surface area contributed by atoms with Crippen molar-refractivity contribution in [1.29, 1.82) is 0 Å². The summed E-state index contributed by atoms with van der Waals surface area (Å²) in [5.74, 6) is -0.0980. The Kier molecular flexibility index (Phi) is 9.85. The van der Waals surface area contributed by atoms with Gasteiger partial charge in [-0.3, -0.25) is 4.79 Å². The van der Waals surface area contributed by atoms with E-state index in [-0.39, 0.29) is 5.97 Å². The number of ether oxygens (including phenoxy) is 3. The summed E-state index contributed by atoms with van der Waals surface area (Å²) in [5, 5.41) is 0. The third-order valence-corrected chi connectivity index (χ3v) is 3.03. The molecule has 1 aliphatic rings. The van der Waals surface area contributed by atoms with Crippen LogP contribution in [0.3, 0.4) is 0 Å². The molecule has 0 atom stereocenters. The van der Waals surface area contributed by atoms with Gasteiger partial charge in [0.15, 0.2) is 0 Å². The van der Waals surface area contributed by atoms with Gasteiger partial charge < -0.3 is 14.2 Å². The van der Waals surface area contributed by atoms with Crippen molar-refractivity contribution in [3.63, 3.8) is 0 Å². The van der Waals surface area contributed by atoms with Gasteiger partial charge >= 0.3 is 5.97 Å². The molecule has 4 nitrogen and oxygen atoms in total. The second kappa shape index (κ2) is 11.5. The first-order valence-corrected chi connectivity index (χ1v) is 7.21. The molecular formula is C14H26O4. The summed E-state index contributed by atoms with van der Waals surface area (Å²) in [7, 11) is 0. The van der Waals surface area contributed by atoms with Crippen LogP contribution in [-0.2, 0) is 19.0 Å². The number of esters is 1. The van der Waals surface area contributed by atoms with Gasteiger partial charge in [0.05, 0.1) is 19.8 Å². The lowest BCUT2D eigenvalue weighted by Gasteiger charge is -2.06. The first kappa shape index (κ1) is 15.4. The molecule has 0 spiro atoms. The first-order valence-electron chi connectivity index (χ1n) is 7.21. The van der Waals surface area contributed by atoms with Gasteiger partial charge in [-0.25, -0.2) is 0 Å². The normalized spacial score (nSPS) is 23.0. The Morgan fingerprint density at radius 1 is 0.611 bits per heavy atom. The third-order valence-electron chi connectivity index (χ3n) is 3.03. The highest BCUT2D eigenvalue weighted by Crippen LogP contribution is 2.09. The molecule has 0 radical (unpaired) electrons. The maximum absolute atomic E-state index is 11.3. The van der Waals surface area contributed by atoms with E-state index in [1.807, 2.05) is 0 Å². The number of hydrogen-bond donors (Lipinski definition) is 0. The molecule has 0 N–H and O–H groups in total. The minimum Gasteiger partial charge on any atom is -0.463 e. The zero-order valence-corrected chi connectivity index (χ0v) is 11.3. The van der Waals surface area contributed by atoms with Gasteiger partial charge in [0.1, 0.15) is 6.61 Å². The average molecular weight is 258 g/mol. The van der Waals surface area contributed by atoms with E-state index in [2.05, 4.69) is 0 Å². The van der Waals surface area contributed by atoms with Gasteiger partial charge in [-0.2, -0.15) is 0 Å². The molecule has 0 aliphatic carbocycles. The summed E-state index contributed by atoms with van der Waals surface area (Å²) < 4.78 is 15.8. The fourth-order valence-electron chi connectivity index (χ4n) is 1.97. The summed E-state index contributed by atoms with van der Waals surface area (Å²) in [6.45, 7) is 2.87. The fraction of sp³-hybridized carbons (Fsp3) is 0.929. The smallest absolute Gasteiger partial charge is 0.305 e. The van der Waals surface area contributed by atoms with E-state index in [4.69, 9.17) is 14.2 Å². The Hall–Kier alpha value is -0.610. The van der Waals surface area contributed by atoms with Crippen LogP contribution in [0, 0.1) is 0 Å². The van der Waals surface area contributed by atoms with Crippen LogP contribution in [0.25, 0.3) is 0 Å². The van der Waals surface area contributed by atoms with E-state index >= 15 is 0 Å². The van der Waals surface area contributed by atoms with Crippen molar-refractivity contribution < 1.29 is 19.0 Å². The predicted octanol–water partition coefficient (Wildman–Crippen LogP) is 2.70. The average Bonchev–Trinajstić information content (AvgIpc) is 2.37. The molecule has 0 bridgehead atoms. The third kappa shape index (κ3) is 9.42. The second-order valence-electron chi connectivity index (χ2n) is 4.67. The molecule has 106 valence electrons. The van der Waals surface area contributed by atoms with E-state index in [0.717, 1.165) is 25.9 Å². The van der Waals surface area contributed by atoms with E-state index in [1.165, 1.54) is 25.7 Å². The van der Waals surface area contributed by atoms with E-state index in [1.54, 1.807) is 0 Å². The van der Waals surface area contributed by atoms with Crippen LogP contribution in [0.2, 0.25) is 0 Å². The van der Waals surface area contributed by atoms with Crippen LogP contribution in [0.5, 0.6) is 0 Å². The van der Waals surface area contributed by atoms with Crippen LogP contribution in [0.15, 0.2) is 0 Å². The van der Waals surface area contributed by atoms with Gasteiger partial charge in [-0.05, 0) is 12.8 Å². The van der Waals surface area contributed by atoms with Crippen molar-refractivity contribution in [3.8, 4) is 0 Å². The summed E-state index contributed by atoms with van der Waals surface area (Å²) in [6.07, 6.45) is 8.75. The molecule has 0 amide bonds. The quantitative estimate of drug-likeness (QED) is 0.627. The molecule has 1 aliphatic heterocycles. The van der Waals surface area contributed by atoms with Crippen LogP contribution < -0.4 is 0 Å². The Morgan fingerprint density at radius 2 is 1.17 bits per heavy atom. The molecule has 1 rings (SSSR count). The van der Waals surface area contributed by atoms with E-state index in [0.29, 0.717) is 32.8 Å². The van der Waals surface area contributed by atoms with Crippen LogP contribution in [-0.4, -0.2) is 39.0 Å². The lowest BCUT2D eigenvalue weighted by molar-refractivity contribution is -0.145. The number of carbonyl (C=O) groups excluding carboxylic acids is 1. The summed E-state index contributed by atoms with van der Waals surface area (Å²) in [6, 6.07) is 0. The molecule has 0 aromatic rings. The molecule has 1 heterocycles. The van der Waals surface area contributed by atoms with E-state index < -0.39 is 0 Å². The minimum absolute atomic E-state index is 0.0980. The van der Waals surface area contributed by atoms with Gasteiger partial charge in [0, 0.05) is 13.0 Å². The van der Waals surface area contributed by atoms with Crippen molar-refractivity contribution >= 4 is 5.97 Å². The van der Waals surface area contributed by atoms with Crippen molar-refractivity contribution in [2.75, 3.05) is 33.0 Å². The highest BCUT2D eigenvalue weighted by Gasteiger charge is 2.02. The monoisotopic (exact) mass is 258 g/mol. The lowest BCUT2D eigenvalue weighted by atomic mass is 10.1. The number of carbonyl (C=O) groups is 1. The number of hydrogen-bond acceptors (Lipinski definition) is 4. The summed E-state index contributed by atoms with van der Waals surface area (Å²) >= 11 is 0. The topological polar surface area (TPSA) is 44.8 Å². The van der Waals surface area contributed by atoms with Gasteiger partial charge in [0.25, 0.3) is 0 Å². The predicted molar refractivity (Wildman–Crippen MR) is 69.5 cm³/mol. The van der Waals surface area contributed by atoms with Crippen molar-refractivity contribution in [3.05, 3.63) is 0 Å². The van der Waals surface area contributed by atoms with Crippen LogP contribution in [0.1, 0.15) is 51.4 Å². The van der Waals surface area contributed by atoms with Crippen LogP contribution in [0.4, 0.5) is 0 Å². The standard InChI is InChI=1S/C14H26O4/c15-14-8-6-4-2-1-3-5-7-9-16-10-11-17-12-13-18-14/h1-13H2. The maximum Gasteiger partial charge on any atom is 0.305 e. The number of cyclic esters (lactones) is 1. The highest BCUT2D eigenvalue weighted by molar-refractivity contribution is 5.69. The van der Waals surface area contributed by atoms with Gasteiger partial charge in [-0.15, -0.1) is 0 Å². The Labute approximate surface area is 110 Å². The van der Waals surface area contributed by atoms with Crippen molar-refractivity contribution in [2.24, 2.45) is 0 Å². The summed E-state index contributed by atoms with van der Waals surface area (Å²) in [5.41, 5.74) is 0. The zero-order chi connectivity index (χ0) is 12.9. The Balaban J connectivity index is 2.11. The molecule has 18 heavy (non-hydrogen) atoms. The molecule has 1 saturated heterocycles. The molecule has 4 heteroatoms. The first-order chi connectivity index (χ1) is 8.89. The Bertz CT molecular complexity index is 186. The van der Waals surface area contributed by atoms with Crippen LogP contribution >= 0.6 is 0 Å². The van der Waals surface area contributed by atoms with Gasteiger partial charge in [-0.1, -0.05) is 32.1 Å². The highest BCUT2D eigenvalue weighted by atomic mass is 16.6. The second-order valence-corrected chi connectivity index (χ2v) is 4.67.